The smallest absolute Gasteiger partial charge is 0.168 e. The van der Waals surface area contributed by atoms with E-state index < -0.39 is 0 Å². The molecule has 1 N–H and O–H groups in total. The van der Waals surface area contributed by atoms with E-state index in [9.17, 15) is 5.11 Å². The monoisotopic (exact) mass is 255 g/mol. The van der Waals surface area contributed by atoms with E-state index in [4.69, 9.17) is 9.47 Å². The highest BCUT2D eigenvalue weighted by atomic mass is 16.7. The Balaban J connectivity index is 1.72. The Morgan fingerprint density at radius 3 is 2.78 bits per heavy atom. The molecular formula is C14H25NO3. The summed E-state index contributed by atoms with van der Waals surface area (Å²) in [6.45, 7) is 5.86. The molecule has 0 aromatic carbocycles. The maximum Gasteiger partial charge on any atom is 0.168 e. The van der Waals surface area contributed by atoms with Gasteiger partial charge in [0.05, 0.1) is 19.3 Å². The van der Waals surface area contributed by atoms with Crippen molar-refractivity contribution in [3.05, 3.63) is 0 Å². The van der Waals surface area contributed by atoms with Crippen LogP contribution in [-0.4, -0.2) is 54.2 Å². The molecule has 3 atom stereocenters. The number of piperidine rings is 1. The number of aliphatic hydroxyl groups is 1. The van der Waals surface area contributed by atoms with Crippen LogP contribution >= 0.6 is 0 Å². The molecule has 0 aromatic rings. The second-order valence-electron chi connectivity index (χ2n) is 5.97. The number of aliphatic hydroxyl groups excluding tert-OH is 1. The minimum absolute atomic E-state index is 0.173. The Bertz CT molecular complexity index is 291. The summed E-state index contributed by atoms with van der Waals surface area (Å²) in [5, 5.41) is 10.3. The Morgan fingerprint density at radius 1 is 1.28 bits per heavy atom. The molecule has 18 heavy (non-hydrogen) atoms. The molecule has 2 heterocycles. The summed E-state index contributed by atoms with van der Waals surface area (Å²) < 4.78 is 11.6. The quantitative estimate of drug-likeness (QED) is 0.809. The molecule has 0 aromatic heterocycles. The van der Waals surface area contributed by atoms with Gasteiger partial charge >= 0.3 is 0 Å². The van der Waals surface area contributed by atoms with Crippen LogP contribution in [0.25, 0.3) is 0 Å². The van der Waals surface area contributed by atoms with Crippen molar-refractivity contribution in [2.24, 2.45) is 5.92 Å². The fourth-order valence-corrected chi connectivity index (χ4v) is 4.03. The average molecular weight is 255 g/mol. The van der Waals surface area contributed by atoms with Crippen LogP contribution < -0.4 is 0 Å². The second-order valence-corrected chi connectivity index (χ2v) is 5.97. The van der Waals surface area contributed by atoms with E-state index in [1.165, 1.54) is 6.42 Å². The van der Waals surface area contributed by atoms with Crippen molar-refractivity contribution in [1.82, 2.24) is 4.90 Å². The van der Waals surface area contributed by atoms with Gasteiger partial charge in [-0.2, -0.15) is 0 Å². The Kier molecular flexibility index (Phi) is 3.63. The van der Waals surface area contributed by atoms with Gasteiger partial charge in [-0.25, -0.2) is 0 Å². The molecule has 2 aliphatic heterocycles. The third kappa shape index (κ3) is 2.20. The van der Waals surface area contributed by atoms with Gasteiger partial charge in [-0.05, 0) is 25.8 Å². The first kappa shape index (κ1) is 12.9. The zero-order valence-electron chi connectivity index (χ0n) is 11.3. The largest absolute Gasteiger partial charge is 0.393 e. The van der Waals surface area contributed by atoms with Crippen molar-refractivity contribution in [2.45, 2.75) is 57.0 Å². The predicted molar refractivity (Wildman–Crippen MR) is 68.3 cm³/mol. The molecule has 3 rings (SSSR count). The highest BCUT2D eigenvalue weighted by Gasteiger charge is 2.49. The summed E-state index contributed by atoms with van der Waals surface area (Å²) >= 11 is 0. The third-order valence-electron chi connectivity index (χ3n) is 4.86. The molecule has 0 radical (unpaired) electrons. The van der Waals surface area contributed by atoms with Crippen molar-refractivity contribution < 1.29 is 14.6 Å². The third-order valence-corrected chi connectivity index (χ3v) is 4.86. The zero-order valence-corrected chi connectivity index (χ0v) is 11.3. The fourth-order valence-electron chi connectivity index (χ4n) is 4.03. The average Bonchev–Trinajstić information content (AvgIpc) is 2.82. The highest BCUT2D eigenvalue weighted by molar-refractivity contribution is 4.98. The summed E-state index contributed by atoms with van der Waals surface area (Å²) in [7, 11) is 0. The van der Waals surface area contributed by atoms with Gasteiger partial charge in [0, 0.05) is 31.3 Å². The Hall–Kier alpha value is -0.160. The van der Waals surface area contributed by atoms with Crippen molar-refractivity contribution in [1.29, 1.82) is 0 Å². The van der Waals surface area contributed by atoms with E-state index in [2.05, 4.69) is 11.8 Å². The summed E-state index contributed by atoms with van der Waals surface area (Å²) in [5.74, 6) is -0.0330. The molecule has 1 aliphatic carbocycles. The van der Waals surface area contributed by atoms with Gasteiger partial charge < -0.3 is 14.6 Å². The standard InChI is InChI=1S/C14H25NO3/c1-2-6-15-7-4-13(16)11-10-14(5-3-12(11)15)17-8-9-18-14/h11-13,16H,2-10H2,1H3/t11-,12-,13+/m0/s1. The molecule has 4 heteroatoms. The van der Waals surface area contributed by atoms with E-state index >= 15 is 0 Å². The fraction of sp³-hybridized carbons (Fsp3) is 1.00. The van der Waals surface area contributed by atoms with Crippen LogP contribution in [-0.2, 0) is 9.47 Å². The van der Waals surface area contributed by atoms with Crippen molar-refractivity contribution in [3.8, 4) is 0 Å². The summed E-state index contributed by atoms with van der Waals surface area (Å²) in [6.07, 6.45) is 4.88. The lowest BCUT2D eigenvalue weighted by atomic mass is 9.74. The number of rotatable bonds is 2. The van der Waals surface area contributed by atoms with Crippen molar-refractivity contribution in [3.63, 3.8) is 0 Å². The zero-order chi connectivity index (χ0) is 12.6. The first-order valence-corrected chi connectivity index (χ1v) is 7.44. The molecule has 2 saturated heterocycles. The lowest BCUT2D eigenvalue weighted by Crippen LogP contribution is -2.57. The van der Waals surface area contributed by atoms with Crippen LogP contribution in [0.15, 0.2) is 0 Å². The molecule has 1 saturated carbocycles. The van der Waals surface area contributed by atoms with Gasteiger partial charge in [-0.3, -0.25) is 4.90 Å². The predicted octanol–water partition coefficient (Wildman–Crippen LogP) is 1.37. The van der Waals surface area contributed by atoms with E-state index in [1.54, 1.807) is 0 Å². The Morgan fingerprint density at radius 2 is 2.06 bits per heavy atom. The van der Waals surface area contributed by atoms with Gasteiger partial charge in [0.25, 0.3) is 0 Å². The van der Waals surface area contributed by atoms with Gasteiger partial charge in [-0.1, -0.05) is 6.92 Å². The number of likely N-dealkylation sites (tertiary alicyclic amines) is 1. The summed E-state index contributed by atoms with van der Waals surface area (Å²) in [6, 6.07) is 0.534. The highest BCUT2D eigenvalue weighted by Crippen LogP contribution is 2.44. The van der Waals surface area contributed by atoms with Gasteiger partial charge in [0.1, 0.15) is 0 Å². The molecule has 3 fully saturated rings. The molecule has 0 unspecified atom stereocenters. The minimum Gasteiger partial charge on any atom is -0.393 e. The lowest BCUT2D eigenvalue weighted by Gasteiger charge is -2.50. The van der Waals surface area contributed by atoms with Crippen molar-refractivity contribution >= 4 is 0 Å². The Labute approximate surface area is 109 Å². The topological polar surface area (TPSA) is 41.9 Å². The van der Waals surface area contributed by atoms with Crippen LogP contribution in [0.5, 0.6) is 0 Å². The maximum absolute atomic E-state index is 10.3. The van der Waals surface area contributed by atoms with Crippen LogP contribution in [0.2, 0.25) is 0 Å². The minimum atomic E-state index is -0.364. The normalized spacial score (nSPS) is 40.0. The van der Waals surface area contributed by atoms with E-state index in [1.807, 2.05) is 0 Å². The number of hydrogen-bond donors (Lipinski definition) is 1. The lowest BCUT2D eigenvalue weighted by molar-refractivity contribution is -0.212. The van der Waals surface area contributed by atoms with Gasteiger partial charge in [0.2, 0.25) is 0 Å². The molecular weight excluding hydrogens is 230 g/mol. The molecule has 0 bridgehead atoms. The summed E-state index contributed by atoms with van der Waals surface area (Å²) in [5.41, 5.74) is 0. The molecule has 3 aliphatic rings. The van der Waals surface area contributed by atoms with Crippen molar-refractivity contribution in [2.75, 3.05) is 26.3 Å². The van der Waals surface area contributed by atoms with E-state index in [0.29, 0.717) is 25.2 Å². The summed E-state index contributed by atoms with van der Waals surface area (Å²) in [4.78, 5) is 2.57. The van der Waals surface area contributed by atoms with Crippen LogP contribution in [0, 0.1) is 5.92 Å². The second kappa shape index (κ2) is 5.08. The molecule has 4 nitrogen and oxygen atoms in total. The van der Waals surface area contributed by atoms with Gasteiger partial charge in [-0.15, -0.1) is 0 Å². The number of ether oxygens (including phenoxy) is 2. The number of hydrogen-bond acceptors (Lipinski definition) is 4. The van der Waals surface area contributed by atoms with E-state index in [-0.39, 0.29) is 11.9 Å². The molecule has 104 valence electrons. The van der Waals surface area contributed by atoms with Crippen LogP contribution in [0.4, 0.5) is 0 Å². The van der Waals surface area contributed by atoms with Crippen LogP contribution in [0.3, 0.4) is 0 Å². The maximum atomic E-state index is 10.3. The van der Waals surface area contributed by atoms with E-state index in [0.717, 1.165) is 38.8 Å². The number of fused-ring (bicyclic) bond motifs is 1. The van der Waals surface area contributed by atoms with Crippen LogP contribution in [0.1, 0.15) is 39.0 Å². The SMILES string of the molecule is CCCN1CC[C@@H](O)[C@H]2CC3(CC[C@@H]21)OCCO3. The first-order valence-electron chi connectivity index (χ1n) is 7.44. The number of nitrogens with zero attached hydrogens (tertiary/aromatic N) is 1. The molecule has 1 spiro atoms. The van der Waals surface area contributed by atoms with Gasteiger partial charge in [0.15, 0.2) is 5.79 Å². The first-order chi connectivity index (χ1) is 8.74. The molecule has 0 amide bonds.